The maximum absolute atomic E-state index is 5.55. The Morgan fingerprint density at radius 1 is 0.778 bits per heavy atom. The van der Waals surface area contributed by atoms with E-state index in [9.17, 15) is 0 Å². The van der Waals surface area contributed by atoms with E-state index in [-0.39, 0.29) is 0 Å². The summed E-state index contributed by atoms with van der Waals surface area (Å²) in [6.45, 7) is 3.54. The van der Waals surface area contributed by atoms with E-state index in [4.69, 9.17) is 14.2 Å². The minimum Gasteiger partial charge on any atom is -0.494 e. The van der Waals surface area contributed by atoms with Gasteiger partial charge in [0.1, 0.15) is 5.75 Å². The molecule has 0 aliphatic heterocycles. The standard InChI is InChI=1S/C14H21BrO3/c15-8-4-9-16-12-13-17-10-5-11-18-14-6-2-1-3-7-14/h1-3,6-7H,4-5,8-13H2. The number of para-hydroxylation sites is 1. The summed E-state index contributed by atoms with van der Waals surface area (Å²) >= 11 is 3.35. The maximum Gasteiger partial charge on any atom is 0.119 e. The first-order chi connectivity index (χ1) is 8.93. The Morgan fingerprint density at radius 3 is 2.11 bits per heavy atom. The van der Waals surface area contributed by atoms with Gasteiger partial charge in [-0.05, 0) is 18.6 Å². The first kappa shape index (κ1) is 15.5. The van der Waals surface area contributed by atoms with Crippen LogP contribution in [0.25, 0.3) is 0 Å². The molecule has 0 saturated heterocycles. The van der Waals surface area contributed by atoms with Gasteiger partial charge in [0.15, 0.2) is 0 Å². The van der Waals surface area contributed by atoms with E-state index >= 15 is 0 Å². The van der Waals surface area contributed by atoms with Crippen molar-refractivity contribution in [3.63, 3.8) is 0 Å². The molecule has 1 aromatic carbocycles. The SMILES string of the molecule is BrCCCOCCOCCCOc1ccccc1. The average Bonchev–Trinajstić information content (AvgIpc) is 2.42. The Hall–Kier alpha value is -0.580. The highest BCUT2D eigenvalue weighted by Crippen LogP contribution is 2.08. The molecular weight excluding hydrogens is 296 g/mol. The van der Waals surface area contributed by atoms with Crippen molar-refractivity contribution in [1.82, 2.24) is 0 Å². The van der Waals surface area contributed by atoms with Gasteiger partial charge >= 0.3 is 0 Å². The molecule has 4 heteroatoms. The van der Waals surface area contributed by atoms with Crippen LogP contribution in [0.5, 0.6) is 5.75 Å². The van der Waals surface area contributed by atoms with Crippen LogP contribution in [0.15, 0.2) is 30.3 Å². The number of benzene rings is 1. The maximum atomic E-state index is 5.55. The van der Waals surface area contributed by atoms with Gasteiger partial charge in [-0.1, -0.05) is 34.1 Å². The minimum absolute atomic E-state index is 0.660. The van der Waals surface area contributed by atoms with E-state index in [1.165, 1.54) is 0 Å². The van der Waals surface area contributed by atoms with Crippen LogP contribution in [-0.2, 0) is 9.47 Å². The summed E-state index contributed by atoms with van der Waals surface area (Å²) in [5.74, 6) is 0.913. The molecule has 0 amide bonds. The summed E-state index contributed by atoms with van der Waals surface area (Å²) in [5, 5.41) is 0.991. The zero-order valence-corrected chi connectivity index (χ0v) is 12.2. The van der Waals surface area contributed by atoms with Gasteiger partial charge in [0.25, 0.3) is 0 Å². The molecule has 3 nitrogen and oxygen atoms in total. The van der Waals surface area contributed by atoms with Gasteiger partial charge in [-0.3, -0.25) is 0 Å². The Labute approximate surface area is 118 Å². The van der Waals surface area contributed by atoms with Gasteiger partial charge in [-0.2, -0.15) is 0 Å². The van der Waals surface area contributed by atoms with Crippen molar-refractivity contribution in [3.05, 3.63) is 30.3 Å². The topological polar surface area (TPSA) is 27.7 Å². The molecular formula is C14H21BrO3. The van der Waals surface area contributed by atoms with E-state index in [0.29, 0.717) is 26.4 Å². The minimum atomic E-state index is 0.660. The lowest BCUT2D eigenvalue weighted by Gasteiger charge is -2.07. The number of alkyl halides is 1. The fourth-order valence-corrected chi connectivity index (χ4v) is 1.58. The Bertz CT molecular complexity index is 280. The van der Waals surface area contributed by atoms with Gasteiger partial charge < -0.3 is 14.2 Å². The van der Waals surface area contributed by atoms with Crippen LogP contribution in [0.3, 0.4) is 0 Å². The molecule has 0 spiro atoms. The molecule has 0 N–H and O–H groups in total. The van der Waals surface area contributed by atoms with Crippen LogP contribution in [0.2, 0.25) is 0 Å². The number of hydrogen-bond donors (Lipinski definition) is 0. The van der Waals surface area contributed by atoms with Gasteiger partial charge in [-0.15, -0.1) is 0 Å². The second-order valence-corrected chi connectivity index (χ2v) is 4.58. The van der Waals surface area contributed by atoms with Crippen LogP contribution in [-0.4, -0.2) is 38.4 Å². The molecule has 0 aliphatic rings. The molecule has 0 heterocycles. The molecule has 0 fully saturated rings. The van der Waals surface area contributed by atoms with Crippen molar-refractivity contribution < 1.29 is 14.2 Å². The molecule has 18 heavy (non-hydrogen) atoms. The Morgan fingerprint density at radius 2 is 1.44 bits per heavy atom. The third-order valence-corrected chi connectivity index (χ3v) is 2.80. The van der Waals surface area contributed by atoms with Crippen LogP contribution in [0.4, 0.5) is 0 Å². The van der Waals surface area contributed by atoms with Crippen LogP contribution < -0.4 is 4.74 Å². The lowest BCUT2D eigenvalue weighted by atomic mass is 10.3. The number of hydrogen-bond acceptors (Lipinski definition) is 3. The van der Waals surface area contributed by atoms with E-state index in [2.05, 4.69) is 15.9 Å². The summed E-state index contributed by atoms with van der Waals surface area (Å²) < 4.78 is 16.3. The van der Waals surface area contributed by atoms with Crippen molar-refractivity contribution in [2.24, 2.45) is 0 Å². The fourth-order valence-electron chi connectivity index (χ4n) is 1.35. The van der Waals surface area contributed by atoms with Crippen molar-refractivity contribution in [3.8, 4) is 5.75 Å². The van der Waals surface area contributed by atoms with Crippen molar-refractivity contribution in [2.45, 2.75) is 12.8 Å². The van der Waals surface area contributed by atoms with Crippen molar-refractivity contribution in [1.29, 1.82) is 0 Å². The molecule has 0 unspecified atom stereocenters. The van der Waals surface area contributed by atoms with Crippen LogP contribution in [0.1, 0.15) is 12.8 Å². The second-order valence-electron chi connectivity index (χ2n) is 3.78. The monoisotopic (exact) mass is 316 g/mol. The Kier molecular flexibility index (Phi) is 9.89. The number of halogens is 1. The average molecular weight is 317 g/mol. The lowest BCUT2D eigenvalue weighted by Crippen LogP contribution is -2.08. The highest BCUT2D eigenvalue weighted by atomic mass is 79.9. The summed E-state index contributed by atoms with van der Waals surface area (Å²) in [6.07, 6.45) is 1.95. The zero-order chi connectivity index (χ0) is 12.9. The van der Waals surface area contributed by atoms with E-state index in [1.54, 1.807) is 0 Å². The normalized spacial score (nSPS) is 10.5. The predicted molar refractivity (Wildman–Crippen MR) is 76.6 cm³/mol. The highest BCUT2D eigenvalue weighted by molar-refractivity contribution is 9.09. The third-order valence-electron chi connectivity index (χ3n) is 2.24. The summed E-state index contributed by atoms with van der Waals surface area (Å²) in [7, 11) is 0. The van der Waals surface area contributed by atoms with Gasteiger partial charge in [0.05, 0.1) is 19.8 Å². The molecule has 0 saturated carbocycles. The Balaban J connectivity index is 1.82. The molecule has 0 atom stereocenters. The highest BCUT2D eigenvalue weighted by Gasteiger charge is 1.93. The molecule has 102 valence electrons. The first-order valence-electron chi connectivity index (χ1n) is 6.33. The van der Waals surface area contributed by atoms with Crippen molar-refractivity contribution in [2.75, 3.05) is 38.4 Å². The van der Waals surface area contributed by atoms with Crippen LogP contribution >= 0.6 is 15.9 Å². The molecule has 0 aliphatic carbocycles. The molecule has 1 rings (SSSR count). The number of ether oxygens (including phenoxy) is 3. The second kappa shape index (κ2) is 11.5. The zero-order valence-electron chi connectivity index (χ0n) is 10.6. The third kappa shape index (κ3) is 8.50. The van der Waals surface area contributed by atoms with Gasteiger partial charge in [0.2, 0.25) is 0 Å². The fraction of sp³-hybridized carbons (Fsp3) is 0.571. The summed E-state index contributed by atoms with van der Waals surface area (Å²) in [6, 6.07) is 9.83. The first-order valence-corrected chi connectivity index (χ1v) is 7.45. The molecule has 1 aromatic rings. The quantitative estimate of drug-likeness (QED) is 0.463. The summed E-state index contributed by atoms with van der Waals surface area (Å²) in [4.78, 5) is 0. The predicted octanol–water partition coefficient (Wildman–Crippen LogP) is 3.27. The smallest absolute Gasteiger partial charge is 0.119 e. The lowest BCUT2D eigenvalue weighted by molar-refractivity contribution is 0.0441. The number of rotatable bonds is 11. The van der Waals surface area contributed by atoms with Crippen molar-refractivity contribution >= 4 is 15.9 Å². The van der Waals surface area contributed by atoms with E-state index in [1.807, 2.05) is 30.3 Å². The van der Waals surface area contributed by atoms with Gasteiger partial charge in [-0.25, -0.2) is 0 Å². The molecule has 0 radical (unpaired) electrons. The van der Waals surface area contributed by atoms with Crippen LogP contribution in [0, 0.1) is 0 Å². The van der Waals surface area contributed by atoms with E-state index < -0.39 is 0 Å². The summed E-state index contributed by atoms with van der Waals surface area (Å²) in [5.41, 5.74) is 0. The van der Waals surface area contributed by atoms with E-state index in [0.717, 1.165) is 30.5 Å². The molecule has 0 aromatic heterocycles. The molecule has 0 bridgehead atoms. The van der Waals surface area contributed by atoms with Gasteiger partial charge in [0, 0.05) is 25.0 Å². The largest absolute Gasteiger partial charge is 0.494 e.